The van der Waals surface area contributed by atoms with Crippen LogP contribution in [0.5, 0.6) is 0 Å². The number of rotatable bonds is 3. The van der Waals surface area contributed by atoms with Crippen molar-refractivity contribution in [3.8, 4) is 0 Å². The van der Waals surface area contributed by atoms with Gasteiger partial charge in [0, 0.05) is 31.3 Å². The molecule has 1 heterocycles. The third kappa shape index (κ3) is 3.99. The summed E-state index contributed by atoms with van der Waals surface area (Å²) in [5.41, 5.74) is 6.24. The highest BCUT2D eigenvalue weighted by molar-refractivity contribution is 5.66. The molecule has 1 saturated heterocycles. The monoisotopic (exact) mass is 303 g/mol. The predicted octanol–water partition coefficient (Wildman–Crippen LogP) is 3.35. The van der Waals surface area contributed by atoms with E-state index in [9.17, 15) is 23.3 Å². The van der Waals surface area contributed by atoms with Crippen LogP contribution in [0, 0.1) is 16.0 Å². The Morgan fingerprint density at radius 2 is 1.95 bits per heavy atom. The van der Waals surface area contributed by atoms with Crippen molar-refractivity contribution in [3.63, 3.8) is 0 Å². The highest BCUT2D eigenvalue weighted by atomic mass is 19.4. The number of alkyl halides is 3. The maximum Gasteiger partial charge on any atom is 0.389 e. The fourth-order valence-corrected chi connectivity index (χ4v) is 2.63. The molecule has 1 aromatic rings. The normalized spacial score (nSPS) is 17.0. The van der Waals surface area contributed by atoms with Gasteiger partial charge < -0.3 is 10.6 Å². The Labute approximate surface area is 119 Å². The van der Waals surface area contributed by atoms with Gasteiger partial charge in [0.25, 0.3) is 5.69 Å². The van der Waals surface area contributed by atoms with E-state index in [1.807, 2.05) is 4.90 Å². The van der Waals surface area contributed by atoms with E-state index in [0.29, 0.717) is 31.6 Å². The fraction of sp³-hybridized carbons (Fsp3) is 0.538. The summed E-state index contributed by atoms with van der Waals surface area (Å²) in [6.45, 7) is 0.996. The van der Waals surface area contributed by atoms with Gasteiger partial charge in [-0.3, -0.25) is 10.1 Å². The molecule has 0 amide bonds. The van der Waals surface area contributed by atoms with E-state index in [1.54, 1.807) is 6.07 Å². The van der Waals surface area contributed by atoms with Crippen molar-refractivity contribution < 1.29 is 18.1 Å². The number of nitro benzene ring substituents is 1. The average Bonchev–Trinajstić information content (AvgIpc) is 2.37. The van der Waals surface area contributed by atoms with Crippen LogP contribution in [-0.4, -0.2) is 24.2 Å². The molecule has 1 fully saturated rings. The van der Waals surface area contributed by atoms with Crippen LogP contribution < -0.4 is 10.6 Å². The van der Waals surface area contributed by atoms with Crippen molar-refractivity contribution in [1.29, 1.82) is 0 Å². The highest BCUT2D eigenvalue weighted by Gasteiger charge is 2.33. The third-order valence-electron chi connectivity index (χ3n) is 3.71. The Bertz CT molecular complexity index is 526. The molecule has 0 atom stereocenters. The standard InChI is InChI=1S/C13H16F3N3O2/c14-13(15,16)8-9-3-5-18(6-4-9)10-1-2-12(19(20)21)11(17)7-10/h1-2,7,9H,3-6,8,17H2. The van der Waals surface area contributed by atoms with E-state index in [-0.39, 0.29) is 17.3 Å². The van der Waals surface area contributed by atoms with Crippen molar-refractivity contribution in [1.82, 2.24) is 0 Å². The number of piperidine rings is 1. The number of nitrogens with zero attached hydrogens (tertiary/aromatic N) is 2. The van der Waals surface area contributed by atoms with Crippen LogP contribution in [0.25, 0.3) is 0 Å². The first kappa shape index (κ1) is 15.4. The number of nitrogen functional groups attached to an aromatic ring is 1. The zero-order valence-corrected chi connectivity index (χ0v) is 11.3. The lowest BCUT2D eigenvalue weighted by Gasteiger charge is -2.34. The van der Waals surface area contributed by atoms with Crippen LogP contribution in [0.4, 0.5) is 30.2 Å². The van der Waals surface area contributed by atoms with E-state index in [2.05, 4.69) is 0 Å². The Morgan fingerprint density at radius 3 is 2.43 bits per heavy atom. The number of hydrogen-bond donors (Lipinski definition) is 1. The second-order valence-corrected chi connectivity index (χ2v) is 5.25. The first-order valence-electron chi connectivity index (χ1n) is 6.62. The molecule has 5 nitrogen and oxygen atoms in total. The molecule has 0 unspecified atom stereocenters. The molecule has 0 aromatic heterocycles. The fourth-order valence-electron chi connectivity index (χ4n) is 2.63. The molecule has 1 aromatic carbocycles. The molecule has 0 spiro atoms. The van der Waals surface area contributed by atoms with E-state index in [1.165, 1.54) is 12.1 Å². The van der Waals surface area contributed by atoms with Crippen molar-refractivity contribution in [2.45, 2.75) is 25.4 Å². The van der Waals surface area contributed by atoms with Gasteiger partial charge in [-0.2, -0.15) is 13.2 Å². The van der Waals surface area contributed by atoms with Crippen LogP contribution in [0.15, 0.2) is 18.2 Å². The second-order valence-electron chi connectivity index (χ2n) is 5.25. The molecular formula is C13H16F3N3O2. The third-order valence-corrected chi connectivity index (χ3v) is 3.71. The topological polar surface area (TPSA) is 72.4 Å². The summed E-state index contributed by atoms with van der Waals surface area (Å²) < 4.78 is 37.0. The van der Waals surface area contributed by atoms with Crippen LogP contribution in [0.3, 0.4) is 0 Å². The number of anilines is 2. The van der Waals surface area contributed by atoms with Crippen molar-refractivity contribution in [2.24, 2.45) is 5.92 Å². The molecule has 1 aliphatic heterocycles. The van der Waals surface area contributed by atoms with E-state index >= 15 is 0 Å². The molecule has 0 bridgehead atoms. The summed E-state index contributed by atoms with van der Waals surface area (Å²) in [5, 5.41) is 10.7. The van der Waals surface area contributed by atoms with E-state index < -0.39 is 17.5 Å². The SMILES string of the molecule is Nc1cc(N2CCC(CC(F)(F)F)CC2)ccc1[N+](=O)[O-]. The van der Waals surface area contributed by atoms with Gasteiger partial charge in [-0.25, -0.2) is 0 Å². The molecule has 21 heavy (non-hydrogen) atoms. The lowest BCUT2D eigenvalue weighted by molar-refractivity contribution is -0.383. The summed E-state index contributed by atoms with van der Waals surface area (Å²) in [5.74, 6) is -0.350. The van der Waals surface area contributed by atoms with Gasteiger partial charge in [-0.1, -0.05) is 0 Å². The molecule has 0 radical (unpaired) electrons. The van der Waals surface area contributed by atoms with Gasteiger partial charge in [-0.05, 0) is 30.9 Å². The first-order valence-corrected chi connectivity index (χ1v) is 6.62. The number of benzene rings is 1. The number of halogens is 3. The Hall–Kier alpha value is -1.99. The van der Waals surface area contributed by atoms with Crippen LogP contribution in [-0.2, 0) is 0 Å². The summed E-state index contributed by atoms with van der Waals surface area (Å²) in [4.78, 5) is 12.0. The quantitative estimate of drug-likeness (QED) is 0.528. The van der Waals surface area contributed by atoms with Gasteiger partial charge in [0.05, 0.1) is 4.92 Å². The minimum atomic E-state index is -4.12. The van der Waals surface area contributed by atoms with E-state index in [4.69, 9.17) is 5.73 Å². The van der Waals surface area contributed by atoms with Crippen molar-refractivity contribution in [3.05, 3.63) is 28.3 Å². The van der Waals surface area contributed by atoms with Gasteiger partial charge in [0.1, 0.15) is 5.69 Å². The smallest absolute Gasteiger partial charge is 0.389 e. The summed E-state index contributed by atoms with van der Waals surface area (Å²) >= 11 is 0. The second kappa shape index (κ2) is 5.79. The lowest BCUT2D eigenvalue weighted by Crippen LogP contribution is -2.35. The molecule has 2 N–H and O–H groups in total. The number of hydrogen-bond acceptors (Lipinski definition) is 4. The van der Waals surface area contributed by atoms with Gasteiger partial charge >= 0.3 is 6.18 Å². The Kier molecular flexibility index (Phi) is 4.24. The molecule has 1 aliphatic rings. The minimum Gasteiger partial charge on any atom is -0.393 e. The maximum absolute atomic E-state index is 12.3. The molecule has 2 rings (SSSR count). The molecule has 0 aliphatic carbocycles. The predicted molar refractivity (Wildman–Crippen MR) is 73.1 cm³/mol. The summed E-state index contributed by atoms with van der Waals surface area (Å²) in [7, 11) is 0. The van der Waals surface area contributed by atoms with Gasteiger partial charge in [0.2, 0.25) is 0 Å². The average molecular weight is 303 g/mol. The Balaban J connectivity index is 1.99. The zero-order chi connectivity index (χ0) is 15.6. The van der Waals surface area contributed by atoms with Gasteiger partial charge in [-0.15, -0.1) is 0 Å². The van der Waals surface area contributed by atoms with Crippen LogP contribution >= 0.6 is 0 Å². The van der Waals surface area contributed by atoms with Crippen molar-refractivity contribution >= 4 is 17.1 Å². The summed E-state index contributed by atoms with van der Waals surface area (Å²) in [6, 6.07) is 4.41. The maximum atomic E-state index is 12.3. The first-order chi connectivity index (χ1) is 9.76. The molecular weight excluding hydrogens is 287 g/mol. The lowest BCUT2D eigenvalue weighted by atomic mass is 9.93. The molecule has 0 saturated carbocycles. The molecule has 116 valence electrons. The van der Waals surface area contributed by atoms with Crippen LogP contribution in [0.2, 0.25) is 0 Å². The Morgan fingerprint density at radius 1 is 1.33 bits per heavy atom. The number of nitrogens with two attached hydrogens (primary N) is 1. The number of nitro groups is 1. The minimum absolute atomic E-state index is 0.0647. The van der Waals surface area contributed by atoms with Crippen molar-refractivity contribution in [2.75, 3.05) is 23.7 Å². The zero-order valence-electron chi connectivity index (χ0n) is 11.3. The summed E-state index contributed by atoms with van der Waals surface area (Å²) in [6.07, 6.45) is -3.96. The van der Waals surface area contributed by atoms with E-state index in [0.717, 1.165) is 0 Å². The largest absolute Gasteiger partial charge is 0.393 e. The highest BCUT2D eigenvalue weighted by Crippen LogP contribution is 2.33. The van der Waals surface area contributed by atoms with Crippen LogP contribution in [0.1, 0.15) is 19.3 Å². The molecule has 8 heteroatoms. The van der Waals surface area contributed by atoms with Gasteiger partial charge in [0.15, 0.2) is 0 Å².